The molecule has 1 aromatic heterocycles. The summed E-state index contributed by atoms with van der Waals surface area (Å²) in [6.45, 7) is 1.71. The molecular formula is C20H15ClF3N3O. The number of nitriles is 1. The maximum atomic E-state index is 12.7. The summed E-state index contributed by atoms with van der Waals surface area (Å²) in [5.41, 5.74) is -1.23. The molecule has 0 saturated heterocycles. The van der Waals surface area contributed by atoms with E-state index in [0.717, 1.165) is 35.2 Å². The van der Waals surface area contributed by atoms with Crippen molar-refractivity contribution in [1.82, 2.24) is 9.88 Å². The van der Waals surface area contributed by atoms with E-state index in [0.29, 0.717) is 5.02 Å². The van der Waals surface area contributed by atoms with Crippen LogP contribution >= 0.6 is 11.6 Å². The van der Waals surface area contributed by atoms with Crippen molar-refractivity contribution in [3.63, 3.8) is 0 Å². The third-order valence-electron chi connectivity index (χ3n) is 4.33. The van der Waals surface area contributed by atoms with Crippen molar-refractivity contribution in [2.24, 2.45) is 0 Å². The summed E-state index contributed by atoms with van der Waals surface area (Å²) in [6.07, 6.45) is -2.70. The number of benzene rings is 2. The van der Waals surface area contributed by atoms with Crippen LogP contribution in [0.15, 0.2) is 54.7 Å². The van der Waals surface area contributed by atoms with Crippen LogP contribution in [0.3, 0.4) is 0 Å². The average molecular weight is 406 g/mol. The molecule has 1 amide bonds. The van der Waals surface area contributed by atoms with Gasteiger partial charge in [0.15, 0.2) is 0 Å². The molecule has 3 rings (SSSR count). The van der Waals surface area contributed by atoms with Gasteiger partial charge < -0.3 is 9.88 Å². The first-order chi connectivity index (χ1) is 13.1. The summed E-state index contributed by atoms with van der Waals surface area (Å²) >= 11 is 5.98. The molecule has 0 saturated carbocycles. The lowest BCUT2D eigenvalue weighted by atomic mass is 10.0. The van der Waals surface area contributed by atoms with Crippen molar-refractivity contribution >= 4 is 28.4 Å². The Morgan fingerprint density at radius 1 is 1.18 bits per heavy atom. The molecule has 0 bridgehead atoms. The SMILES string of the molecule is CC(C#N)(Cn1ccc2cc(Cl)ccc21)NC(=O)c1ccc(C(F)(F)F)cc1. The number of fused-ring (bicyclic) bond motifs is 1. The van der Waals surface area contributed by atoms with Crippen LogP contribution in [0.2, 0.25) is 5.02 Å². The second-order valence-corrected chi connectivity index (χ2v) is 7.06. The van der Waals surface area contributed by atoms with E-state index >= 15 is 0 Å². The Labute approximate surface area is 164 Å². The van der Waals surface area contributed by atoms with Gasteiger partial charge in [-0.3, -0.25) is 4.79 Å². The highest BCUT2D eigenvalue weighted by Crippen LogP contribution is 2.29. The van der Waals surface area contributed by atoms with E-state index in [9.17, 15) is 23.2 Å². The van der Waals surface area contributed by atoms with Gasteiger partial charge in [0.2, 0.25) is 0 Å². The smallest absolute Gasteiger partial charge is 0.344 e. The van der Waals surface area contributed by atoms with Crippen LogP contribution in [0, 0.1) is 11.3 Å². The first kappa shape index (κ1) is 19.8. The van der Waals surface area contributed by atoms with Crippen LogP contribution in [-0.2, 0) is 12.7 Å². The summed E-state index contributed by atoms with van der Waals surface area (Å²) in [5, 5.41) is 13.7. The standard InChI is InChI=1S/C20H15ClF3N3O/c1-19(11-25,12-27-9-8-14-10-16(21)6-7-17(14)27)26-18(28)13-2-4-15(5-3-13)20(22,23)24/h2-10H,12H2,1H3,(H,26,28). The number of alkyl halides is 3. The van der Waals surface area contributed by atoms with Crippen LogP contribution in [0.1, 0.15) is 22.8 Å². The number of hydrogen-bond acceptors (Lipinski definition) is 2. The van der Waals surface area contributed by atoms with E-state index in [4.69, 9.17) is 11.6 Å². The fraction of sp³-hybridized carbons (Fsp3) is 0.200. The van der Waals surface area contributed by atoms with Gasteiger partial charge in [-0.1, -0.05) is 11.6 Å². The average Bonchev–Trinajstić information content (AvgIpc) is 3.02. The largest absolute Gasteiger partial charge is 0.416 e. The molecule has 0 spiro atoms. The van der Waals surface area contributed by atoms with Crippen molar-refractivity contribution in [3.05, 3.63) is 70.9 Å². The number of carbonyl (C=O) groups is 1. The molecule has 3 aromatic rings. The van der Waals surface area contributed by atoms with Gasteiger partial charge in [-0.15, -0.1) is 0 Å². The van der Waals surface area contributed by atoms with Crippen molar-refractivity contribution in [1.29, 1.82) is 5.26 Å². The van der Waals surface area contributed by atoms with Crippen molar-refractivity contribution < 1.29 is 18.0 Å². The number of halogens is 4. The molecule has 0 aliphatic carbocycles. The van der Waals surface area contributed by atoms with E-state index in [1.165, 1.54) is 0 Å². The first-order valence-electron chi connectivity index (χ1n) is 8.27. The Morgan fingerprint density at radius 2 is 1.86 bits per heavy atom. The minimum Gasteiger partial charge on any atom is -0.344 e. The molecule has 2 aromatic carbocycles. The van der Waals surface area contributed by atoms with Crippen molar-refractivity contribution in [2.45, 2.75) is 25.2 Å². The Bertz CT molecular complexity index is 1070. The Hall–Kier alpha value is -2.98. The van der Waals surface area contributed by atoms with Crippen LogP contribution in [-0.4, -0.2) is 16.0 Å². The molecule has 144 valence electrons. The van der Waals surface area contributed by atoms with Gasteiger partial charge in [-0.05, 0) is 55.5 Å². The predicted molar refractivity (Wildman–Crippen MR) is 99.9 cm³/mol. The lowest BCUT2D eigenvalue weighted by Gasteiger charge is -2.24. The number of amides is 1. The molecule has 8 heteroatoms. The van der Waals surface area contributed by atoms with Gasteiger partial charge in [0.25, 0.3) is 5.91 Å². The van der Waals surface area contributed by atoms with Gasteiger partial charge in [0.05, 0.1) is 18.2 Å². The van der Waals surface area contributed by atoms with E-state index in [-0.39, 0.29) is 12.1 Å². The molecule has 1 heterocycles. The number of nitrogens with zero attached hydrogens (tertiary/aromatic N) is 2. The van der Waals surface area contributed by atoms with Crippen LogP contribution in [0.25, 0.3) is 10.9 Å². The monoisotopic (exact) mass is 405 g/mol. The molecule has 0 aliphatic rings. The second-order valence-electron chi connectivity index (χ2n) is 6.62. The molecular weight excluding hydrogens is 391 g/mol. The quantitative estimate of drug-likeness (QED) is 0.662. The minimum atomic E-state index is -4.48. The topological polar surface area (TPSA) is 57.8 Å². The highest BCUT2D eigenvalue weighted by atomic mass is 35.5. The van der Waals surface area contributed by atoms with Crippen molar-refractivity contribution in [2.75, 3.05) is 0 Å². The molecule has 0 fully saturated rings. The zero-order valence-corrected chi connectivity index (χ0v) is 15.5. The number of aromatic nitrogens is 1. The zero-order chi connectivity index (χ0) is 20.5. The van der Waals surface area contributed by atoms with Gasteiger partial charge in [0, 0.05) is 27.7 Å². The molecule has 0 aliphatic heterocycles. The Balaban J connectivity index is 1.80. The number of carbonyl (C=O) groups excluding carboxylic acids is 1. The summed E-state index contributed by atoms with van der Waals surface area (Å²) in [4.78, 5) is 12.4. The molecule has 1 N–H and O–H groups in total. The molecule has 1 atom stereocenters. The maximum Gasteiger partial charge on any atom is 0.416 e. The van der Waals surface area contributed by atoms with Gasteiger partial charge in [-0.25, -0.2) is 0 Å². The Morgan fingerprint density at radius 3 is 2.46 bits per heavy atom. The van der Waals surface area contributed by atoms with E-state index in [1.807, 2.05) is 16.7 Å². The highest BCUT2D eigenvalue weighted by Gasteiger charge is 2.31. The van der Waals surface area contributed by atoms with Crippen molar-refractivity contribution in [3.8, 4) is 6.07 Å². The second kappa shape index (κ2) is 7.21. The number of rotatable bonds is 4. The molecule has 1 unspecified atom stereocenters. The predicted octanol–water partition coefficient (Wildman–Crippen LogP) is 5.03. The van der Waals surface area contributed by atoms with Crippen LogP contribution in [0.4, 0.5) is 13.2 Å². The molecule has 4 nitrogen and oxygen atoms in total. The van der Waals surface area contributed by atoms with Gasteiger partial charge in [0.1, 0.15) is 5.54 Å². The normalized spacial score (nSPS) is 13.7. The zero-order valence-electron chi connectivity index (χ0n) is 14.7. The minimum absolute atomic E-state index is 0.0404. The maximum absolute atomic E-state index is 12.7. The summed E-state index contributed by atoms with van der Waals surface area (Å²) in [5.74, 6) is -0.628. The summed E-state index contributed by atoms with van der Waals surface area (Å²) in [7, 11) is 0. The molecule has 0 radical (unpaired) electrons. The summed E-state index contributed by atoms with van der Waals surface area (Å²) in [6, 6.07) is 13.1. The highest BCUT2D eigenvalue weighted by molar-refractivity contribution is 6.31. The summed E-state index contributed by atoms with van der Waals surface area (Å²) < 4.78 is 39.8. The molecule has 28 heavy (non-hydrogen) atoms. The lowest BCUT2D eigenvalue weighted by molar-refractivity contribution is -0.137. The number of nitrogens with one attached hydrogen (secondary N) is 1. The van der Waals surface area contributed by atoms with E-state index in [2.05, 4.69) is 11.4 Å². The fourth-order valence-corrected chi connectivity index (χ4v) is 3.07. The van der Waals surface area contributed by atoms with Crippen LogP contribution < -0.4 is 5.32 Å². The Kier molecular flexibility index (Phi) is 5.09. The van der Waals surface area contributed by atoms with Crippen LogP contribution in [0.5, 0.6) is 0 Å². The fourth-order valence-electron chi connectivity index (χ4n) is 2.89. The number of hydrogen-bond donors (Lipinski definition) is 1. The van der Waals surface area contributed by atoms with E-state index in [1.54, 1.807) is 25.3 Å². The first-order valence-corrected chi connectivity index (χ1v) is 8.64. The third-order valence-corrected chi connectivity index (χ3v) is 4.57. The third kappa shape index (κ3) is 4.12. The van der Waals surface area contributed by atoms with Gasteiger partial charge in [-0.2, -0.15) is 18.4 Å². The van der Waals surface area contributed by atoms with Gasteiger partial charge >= 0.3 is 6.18 Å². The lowest BCUT2D eigenvalue weighted by Crippen LogP contribution is -2.47. The van der Waals surface area contributed by atoms with E-state index < -0.39 is 23.2 Å².